The van der Waals surface area contributed by atoms with Gasteiger partial charge in [0.05, 0.1) is 0 Å². The van der Waals surface area contributed by atoms with Crippen LogP contribution in [0.1, 0.15) is 5.56 Å². The zero-order chi connectivity index (χ0) is 11.5. The third-order valence-electron chi connectivity index (χ3n) is 16.1. The summed E-state index contributed by atoms with van der Waals surface area (Å²) in [6.45, 7) is -2.80. The van der Waals surface area contributed by atoms with Gasteiger partial charge in [0.1, 0.15) is 0 Å². The van der Waals surface area contributed by atoms with Crippen molar-refractivity contribution >= 4 is 6.08 Å². The molecule has 10 saturated heterocycles. The number of hydrogen-bond donors (Lipinski definition) is 0. The van der Waals surface area contributed by atoms with Gasteiger partial charge in [-0.15, -0.1) is 0 Å². The van der Waals surface area contributed by atoms with Crippen LogP contribution in [0.4, 0.5) is 0 Å². The number of benzene rings is 1. The van der Waals surface area contributed by atoms with Crippen molar-refractivity contribution in [3.8, 4) is 0 Å². The Balaban J connectivity index is 1.36. The van der Waals surface area contributed by atoms with Crippen molar-refractivity contribution < 1.29 is 6.51 Å². The van der Waals surface area contributed by atoms with Crippen molar-refractivity contribution in [3.05, 3.63) is 42.0 Å². The van der Waals surface area contributed by atoms with E-state index in [4.69, 9.17) is 0 Å². The molecule has 0 amide bonds. The van der Waals surface area contributed by atoms with Gasteiger partial charge in [0, 0.05) is 0 Å². The molecule has 10 aliphatic rings. The molecule has 0 saturated carbocycles. The predicted octanol–water partition coefficient (Wildman–Crippen LogP) is 5.46. The topological polar surface area (TPSA) is 0 Å². The van der Waals surface area contributed by atoms with Crippen molar-refractivity contribution in [2.24, 2.45) is 0 Å². The Labute approximate surface area is 102 Å². The summed E-state index contributed by atoms with van der Waals surface area (Å²) in [6.07, 6.45) is 5.40. The van der Waals surface area contributed by atoms with Crippen molar-refractivity contribution in [1.29, 1.82) is 0 Å². The minimum absolute atomic E-state index is 0.967. The molecule has 1 heteroatoms. The van der Waals surface area contributed by atoms with E-state index in [2.05, 4.69) is 42.5 Å². The summed E-state index contributed by atoms with van der Waals surface area (Å²) in [5.41, 5.74) is 1.46. The first-order chi connectivity index (χ1) is 9.12. The van der Waals surface area contributed by atoms with Crippen LogP contribution in [0.15, 0.2) is 36.4 Å². The summed E-state index contributed by atoms with van der Waals surface area (Å²) in [6, 6.07) is 11.1. The Hall–Kier alpha value is -0.521. The molecule has 11 rings (SSSR count). The molecule has 4 unspecified atom stereocenters. The van der Waals surface area contributed by atoms with Crippen LogP contribution in [-0.4, -0.2) is 0 Å². The molecule has 10 fully saturated rings. The molecule has 0 N–H and O–H groups in total. The summed E-state index contributed by atoms with van der Waals surface area (Å²) in [4.78, 5) is 13.1. The van der Waals surface area contributed by atoms with Gasteiger partial charge in [0.25, 0.3) is 0 Å². The van der Waals surface area contributed by atoms with Crippen LogP contribution in [0.5, 0.6) is 0 Å². The van der Waals surface area contributed by atoms with E-state index in [1.54, 1.807) is 0 Å². The van der Waals surface area contributed by atoms with E-state index in [0.717, 1.165) is 4.31 Å². The first kappa shape index (κ1) is 6.96. The van der Waals surface area contributed by atoms with Crippen LogP contribution in [0, 0.1) is 0 Å². The summed E-state index contributed by atoms with van der Waals surface area (Å²) in [7, 11) is 0. The molecule has 4 atom stereocenters. The maximum atomic E-state index is 2.85. The van der Waals surface area contributed by atoms with Crippen LogP contribution in [0.3, 0.4) is 0 Å². The van der Waals surface area contributed by atoms with Crippen LogP contribution in [-0.2, 0) is 6.51 Å². The second-order valence-electron chi connectivity index (χ2n) is 11.5. The molecular formula is C18H16Fe. The van der Waals surface area contributed by atoms with Gasteiger partial charge in [-0.25, -0.2) is 0 Å². The molecule has 1 aromatic rings. The molecule has 96 valence electrons. The average Bonchev–Trinajstić information content (AvgIpc) is 3.38. The Morgan fingerprint density at radius 2 is 1.37 bits per heavy atom. The molecule has 0 aliphatic carbocycles. The van der Waals surface area contributed by atoms with E-state index in [0.29, 0.717) is 0 Å². The van der Waals surface area contributed by atoms with Crippen molar-refractivity contribution in [1.82, 2.24) is 0 Å². The van der Waals surface area contributed by atoms with E-state index in [1.807, 2.05) is 0 Å². The van der Waals surface area contributed by atoms with Crippen LogP contribution < -0.4 is 0 Å². The normalized spacial score (nSPS) is 108. The molecule has 0 radical (unpaired) electrons. The third-order valence-corrected chi connectivity index (χ3v) is 58.6. The van der Waals surface area contributed by atoms with Gasteiger partial charge in [0.2, 0.25) is 0 Å². The van der Waals surface area contributed by atoms with E-state index >= 15 is 0 Å². The molecule has 0 bridgehead atoms. The van der Waals surface area contributed by atoms with Crippen molar-refractivity contribution in [2.45, 2.75) is 47.7 Å². The van der Waals surface area contributed by atoms with E-state index in [9.17, 15) is 0 Å². The van der Waals surface area contributed by atoms with E-state index in [-0.39, 0.29) is 0 Å². The molecule has 0 nitrogen and oxygen atoms in total. The van der Waals surface area contributed by atoms with Crippen LogP contribution in [0.25, 0.3) is 6.08 Å². The fourth-order valence-corrected chi connectivity index (χ4v) is 91.4. The predicted molar refractivity (Wildman–Crippen MR) is 71.9 cm³/mol. The fraction of sp³-hybridized carbons (Fsp3) is 0.556. The Morgan fingerprint density at radius 3 is 1.79 bits per heavy atom. The molecule has 1 spiro atoms. The fourth-order valence-electron chi connectivity index (χ4n) is 17.6. The van der Waals surface area contributed by atoms with Gasteiger partial charge >= 0.3 is 102 Å². The Kier molecular flexibility index (Phi) is 0.227. The second-order valence-corrected chi connectivity index (χ2v) is 35.1. The standard InChI is InChI=1S/C13H11.C5H5.Fe/c1-2-6-12(7-3-1)10-11-13-8-4-5-9-13;1-2-4-5-3-1;/h1-11H;1-5H;. The van der Waals surface area contributed by atoms with Gasteiger partial charge in [0.15, 0.2) is 0 Å². The van der Waals surface area contributed by atoms with Gasteiger partial charge < -0.3 is 0 Å². The van der Waals surface area contributed by atoms with Gasteiger partial charge in [-0.3, -0.25) is 0 Å². The van der Waals surface area contributed by atoms with Crippen molar-refractivity contribution in [3.63, 3.8) is 0 Å². The molecule has 10 heterocycles. The first-order valence-electron chi connectivity index (χ1n) is 8.08. The molecule has 19 heavy (non-hydrogen) atoms. The van der Waals surface area contributed by atoms with Crippen molar-refractivity contribution in [2.75, 3.05) is 0 Å². The van der Waals surface area contributed by atoms with Gasteiger partial charge in [-0.05, 0) is 0 Å². The zero-order valence-electron chi connectivity index (χ0n) is 10.6. The number of rotatable bonds is 2. The van der Waals surface area contributed by atoms with E-state index in [1.165, 1.54) is 48.9 Å². The number of fused-ring (bicyclic) bond motifs is 10. The summed E-state index contributed by atoms with van der Waals surface area (Å²) < 4.78 is 0.967. The quantitative estimate of drug-likeness (QED) is 0.634. The van der Waals surface area contributed by atoms with Gasteiger partial charge in [-0.2, -0.15) is 0 Å². The maximum absolute atomic E-state index is 2.85. The molecular weight excluding hydrogens is 272 g/mol. The van der Waals surface area contributed by atoms with E-state index < -0.39 is 6.51 Å². The molecule has 10 aliphatic heterocycles. The Morgan fingerprint density at radius 1 is 0.789 bits per heavy atom. The second kappa shape index (κ2) is 0.620. The monoisotopic (exact) mass is 288 g/mol. The summed E-state index contributed by atoms with van der Waals surface area (Å²) in [5.74, 6) is 0. The number of allylic oxidation sites excluding steroid dienone is 1. The minimum atomic E-state index is -2.80. The summed E-state index contributed by atoms with van der Waals surface area (Å²) in [5, 5.41) is 0. The number of hydrogen-bond acceptors (Lipinski definition) is 0. The zero-order valence-corrected chi connectivity index (χ0v) is 11.7. The average molecular weight is 288 g/mol. The molecule has 0 aromatic heterocycles. The SMILES string of the molecule is C(=C[C]12[CH]3[CH]4[CH]5[CH]1[Fe]45321678[CH]2[CH]1[CH]6[CH]7[CH]28)c1ccccc1. The van der Waals surface area contributed by atoms with Gasteiger partial charge in [-0.1, -0.05) is 0 Å². The Bertz CT molecular complexity index is 1090. The van der Waals surface area contributed by atoms with Crippen LogP contribution >= 0.6 is 0 Å². The third kappa shape index (κ3) is 0.0817. The molecule has 1 aromatic carbocycles. The first-order valence-corrected chi connectivity index (χ1v) is 14.4. The van der Waals surface area contributed by atoms with Crippen LogP contribution in [0.2, 0.25) is 47.7 Å². The summed E-state index contributed by atoms with van der Waals surface area (Å²) >= 11 is 0.